The minimum absolute atomic E-state index is 0.493. The minimum atomic E-state index is -0.493. The van der Waals surface area contributed by atoms with Crippen molar-refractivity contribution in [1.29, 1.82) is 0 Å². The lowest BCUT2D eigenvalue weighted by Crippen LogP contribution is -2.26. The molecule has 1 aromatic heterocycles. The molecule has 2 aliphatic rings. The fourth-order valence-electron chi connectivity index (χ4n) is 9.22. The summed E-state index contributed by atoms with van der Waals surface area (Å²) in [5.74, 6) is 0. The summed E-state index contributed by atoms with van der Waals surface area (Å²) in [4.78, 5) is 4.94. The zero-order chi connectivity index (χ0) is 33.5. The number of benzene rings is 8. The van der Waals surface area contributed by atoms with Gasteiger partial charge in [0, 0.05) is 17.0 Å². The van der Waals surface area contributed by atoms with Crippen LogP contribution in [0.2, 0.25) is 0 Å². The molecule has 0 N–H and O–H groups in total. The Hall–Kier alpha value is -6.57. The SMILES string of the molecule is c1ccc(-c2ccc3c(c2)C2(c4cc(-c5ccccc5)ccc4-3)c3ccccc3-c3c(-c4cccc5ccc6cccnc6c45)cccc32)cc1. The minimum Gasteiger partial charge on any atom is -0.256 e. The highest BCUT2D eigenvalue weighted by atomic mass is 14.6. The molecule has 0 fully saturated rings. The van der Waals surface area contributed by atoms with E-state index < -0.39 is 5.41 Å². The number of fused-ring (bicyclic) bond motifs is 13. The lowest BCUT2D eigenvalue weighted by atomic mass is 9.69. The monoisotopic (exact) mass is 645 g/mol. The molecule has 0 amide bonds. The Labute approximate surface area is 297 Å². The first-order chi connectivity index (χ1) is 25.3. The second kappa shape index (κ2) is 10.7. The van der Waals surface area contributed by atoms with Gasteiger partial charge in [-0.3, -0.25) is 4.98 Å². The number of rotatable bonds is 3. The van der Waals surface area contributed by atoms with Crippen molar-refractivity contribution < 1.29 is 0 Å². The van der Waals surface area contributed by atoms with Gasteiger partial charge in [-0.25, -0.2) is 0 Å². The molecule has 1 heterocycles. The van der Waals surface area contributed by atoms with Crippen molar-refractivity contribution in [2.75, 3.05) is 0 Å². The smallest absolute Gasteiger partial charge is 0.0786 e. The van der Waals surface area contributed by atoms with Crippen LogP contribution in [0.15, 0.2) is 188 Å². The fraction of sp³-hybridized carbons (Fsp3) is 0.0200. The summed E-state index contributed by atoms with van der Waals surface area (Å²) in [5, 5.41) is 3.56. The van der Waals surface area contributed by atoms with Gasteiger partial charge in [0.05, 0.1) is 10.9 Å². The average Bonchev–Trinajstić information content (AvgIpc) is 3.68. The number of hydrogen-bond acceptors (Lipinski definition) is 1. The summed E-state index contributed by atoms with van der Waals surface area (Å²) in [6, 6.07) is 67.3. The van der Waals surface area contributed by atoms with Crippen LogP contribution in [0.1, 0.15) is 22.3 Å². The van der Waals surface area contributed by atoms with Gasteiger partial charge in [0.1, 0.15) is 0 Å². The van der Waals surface area contributed by atoms with Gasteiger partial charge in [0.25, 0.3) is 0 Å². The van der Waals surface area contributed by atoms with E-state index in [1.807, 2.05) is 12.3 Å². The molecular formula is C50H31N. The maximum absolute atomic E-state index is 4.94. The number of aromatic nitrogens is 1. The van der Waals surface area contributed by atoms with Gasteiger partial charge < -0.3 is 0 Å². The summed E-state index contributed by atoms with van der Waals surface area (Å²) in [5.41, 5.74) is 18.5. The lowest BCUT2D eigenvalue weighted by Gasteiger charge is -2.31. The van der Waals surface area contributed by atoms with Gasteiger partial charge in [-0.1, -0.05) is 164 Å². The topological polar surface area (TPSA) is 12.9 Å². The summed E-state index contributed by atoms with van der Waals surface area (Å²) in [6.07, 6.45) is 1.92. The Morgan fingerprint density at radius 2 is 0.902 bits per heavy atom. The molecule has 2 aliphatic carbocycles. The van der Waals surface area contributed by atoms with Gasteiger partial charge in [0.2, 0.25) is 0 Å². The van der Waals surface area contributed by atoms with E-state index in [4.69, 9.17) is 4.98 Å². The lowest BCUT2D eigenvalue weighted by molar-refractivity contribution is 0.794. The van der Waals surface area contributed by atoms with E-state index in [2.05, 4.69) is 176 Å². The van der Waals surface area contributed by atoms with Crippen LogP contribution in [0, 0.1) is 0 Å². The zero-order valence-electron chi connectivity index (χ0n) is 27.8. The van der Waals surface area contributed by atoms with Crippen molar-refractivity contribution in [3.63, 3.8) is 0 Å². The van der Waals surface area contributed by atoms with Crippen LogP contribution >= 0.6 is 0 Å². The first-order valence-corrected chi connectivity index (χ1v) is 17.7. The first-order valence-electron chi connectivity index (χ1n) is 17.7. The molecule has 8 aromatic carbocycles. The fourth-order valence-corrected chi connectivity index (χ4v) is 9.22. The molecule has 236 valence electrons. The van der Waals surface area contributed by atoms with Crippen LogP contribution in [-0.2, 0) is 5.41 Å². The van der Waals surface area contributed by atoms with E-state index in [1.54, 1.807) is 0 Å². The van der Waals surface area contributed by atoms with Crippen LogP contribution < -0.4 is 0 Å². The highest BCUT2D eigenvalue weighted by Crippen LogP contribution is 2.65. The van der Waals surface area contributed by atoms with E-state index in [1.165, 1.54) is 88.7 Å². The quantitative estimate of drug-likeness (QED) is 0.174. The van der Waals surface area contributed by atoms with Crippen molar-refractivity contribution in [1.82, 2.24) is 4.98 Å². The van der Waals surface area contributed by atoms with Crippen molar-refractivity contribution in [2.45, 2.75) is 5.41 Å². The van der Waals surface area contributed by atoms with Crippen molar-refractivity contribution >= 4 is 21.7 Å². The normalized spacial score (nSPS) is 13.3. The van der Waals surface area contributed by atoms with E-state index in [-0.39, 0.29) is 0 Å². The number of pyridine rings is 1. The number of hydrogen-bond donors (Lipinski definition) is 0. The van der Waals surface area contributed by atoms with E-state index in [0.717, 1.165) is 10.9 Å². The third-order valence-electron chi connectivity index (χ3n) is 11.3. The van der Waals surface area contributed by atoms with Crippen LogP contribution in [0.5, 0.6) is 0 Å². The second-order valence-corrected chi connectivity index (χ2v) is 13.8. The summed E-state index contributed by atoms with van der Waals surface area (Å²) >= 11 is 0. The van der Waals surface area contributed by atoms with E-state index in [0.29, 0.717) is 0 Å². The Morgan fingerprint density at radius 1 is 0.333 bits per heavy atom. The molecule has 0 aliphatic heterocycles. The predicted octanol–water partition coefficient (Wildman–Crippen LogP) is 12.7. The summed E-state index contributed by atoms with van der Waals surface area (Å²) < 4.78 is 0. The van der Waals surface area contributed by atoms with Gasteiger partial charge in [-0.2, -0.15) is 0 Å². The van der Waals surface area contributed by atoms with Gasteiger partial charge in [-0.05, 0) is 101 Å². The molecule has 0 unspecified atom stereocenters. The maximum atomic E-state index is 4.94. The van der Waals surface area contributed by atoms with Crippen molar-refractivity contribution in [3.8, 4) is 55.6 Å². The van der Waals surface area contributed by atoms with Gasteiger partial charge in [0.15, 0.2) is 0 Å². The van der Waals surface area contributed by atoms with E-state index >= 15 is 0 Å². The summed E-state index contributed by atoms with van der Waals surface area (Å²) in [6.45, 7) is 0. The molecule has 0 saturated carbocycles. The molecule has 1 spiro atoms. The molecule has 51 heavy (non-hydrogen) atoms. The van der Waals surface area contributed by atoms with Crippen molar-refractivity contribution in [2.24, 2.45) is 0 Å². The van der Waals surface area contributed by atoms with Crippen molar-refractivity contribution in [3.05, 3.63) is 210 Å². The predicted molar refractivity (Wildman–Crippen MR) is 212 cm³/mol. The molecule has 11 rings (SSSR count). The third-order valence-corrected chi connectivity index (χ3v) is 11.3. The molecule has 0 saturated heterocycles. The maximum Gasteiger partial charge on any atom is 0.0786 e. The van der Waals surface area contributed by atoms with Crippen LogP contribution in [0.4, 0.5) is 0 Å². The Balaban J connectivity index is 1.27. The van der Waals surface area contributed by atoms with Crippen LogP contribution in [0.25, 0.3) is 77.3 Å². The highest BCUT2D eigenvalue weighted by Gasteiger charge is 2.52. The van der Waals surface area contributed by atoms with Gasteiger partial charge >= 0.3 is 0 Å². The Morgan fingerprint density at radius 3 is 1.63 bits per heavy atom. The Kier molecular flexibility index (Phi) is 5.94. The molecule has 0 atom stereocenters. The van der Waals surface area contributed by atoms with Crippen LogP contribution in [0.3, 0.4) is 0 Å². The molecular weight excluding hydrogens is 615 g/mol. The van der Waals surface area contributed by atoms with E-state index in [9.17, 15) is 0 Å². The standard InChI is InChI=1S/C50H31N/c1-3-12-32(13-4-1)36-25-27-38-39-28-26-37(33-14-5-2-6-15-33)31-46(39)50(45(38)30-36)43-21-8-7-18-42(43)48-41(20-10-22-44(48)50)40-19-9-16-34-23-24-35-17-11-29-51-49(35)47(34)40/h1-31H. The largest absolute Gasteiger partial charge is 0.256 e. The third kappa shape index (κ3) is 3.89. The van der Waals surface area contributed by atoms with Crippen LogP contribution in [-0.4, -0.2) is 4.98 Å². The van der Waals surface area contributed by atoms with Gasteiger partial charge in [-0.15, -0.1) is 0 Å². The zero-order valence-corrected chi connectivity index (χ0v) is 27.8. The molecule has 1 heteroatoms. The number of nitrogens with zero attached hydrogens (tertiary/aromatic N) is 1. The molecule has 9 aromatic rings. The summed E-state index contributed by atoms with van der Waals surface area (Å²) in [7, 11) is 0. The second-order valence-electron chi connectivity index (χ2n) is 13.8. The average molecular weight is 646 g/mol. The first kappa shape index (κ1) is 28.3. The highest BCUT2D eigenvalue weighted by molar-refractivity contribution is 6.14. The molecule has 0 bridgehead atoms. The molecule has 0 radical (unpaired) electrons. The molecule has 1 nitrogen and oxygen atoms in total. The Bertz CT molecular complexity index is 2760.